The maximum Gasteiger partial charge on any atom is 0.273 e. The third-order valence-electron chi connectivity index (χ3n) is 13.7. The highest BCUT2D eigenvalue weighted by Gasteiger charge is 2.50. The minimum atomic E-state index is -2.14. The van der Waals surface area contributed by atoms with Crippen LogP contribution in [0.5, 0.6) is 0 Å². The van der Waals surface area contributed by atoms with Crippen LogP contribution in [0.15, 0.2) is 206 Å². The van der Waals surface area contributed by atoms with Gasteiger partial charge < -0.3 is 14.4 Å². The fourth-order valence-electron chi connectivity index (χ4n) is 11.1. The summed E-state index contributed by atoms with van der Waals surface area (Å²) in [7, 11) is -2.14. The van der Waals surface area contributed by atoms with Crippen molar-refractivity contribution in [3.63, 3.8) is 0 Å². The molecule has 0 radical (unpaired) electrons. The molecule has 61 heavy (non-hydrogen) atoms. The molecule has 0 spiro atoms. The number of aromatic nitrogens is 1. The van der Waals surface area contributed by atoms with Gasteiger partial charge >= 0.3 is 0 Å². The van der Waals surface area contributed by atoms with E-state index < -0.39 is 8.07 Å². The average molecular weight is 794 g/mol. The molecule has 13 rings (SSSR count). The number of fused-ring (bicyclic) bond motifs is 9. The lowest BCUT2D eigenvalue weighted by molar-refractivity contribution is 1.16. The lowest BCUT2D eigenvalue weighted by atomic mass is 9.34. The highest BCUT2D eigenvalue weighted by Crippen LogP contribution is 2.50. The van der Waals surface area contributed by atoms with Gasteiger partial charge in [-0.1, -0.05) is 177 Å². The van der Waals surface area contributed by atoms with E-state index in [4.69, 9.17) is 0 Å². The molecule has 0 atom stereocenters. The number of para-hydroxylation sites is 4. The summed E-state index contributed by atoms with van der Waals surface area (Å²) in [5.74, 6) is 0. The normalized spacial score (nSPS) is 14.1. The number of anilines is 6. The average Bonchev–Trinajstić information content (AvgIpc) is 3.65. The third kappa shape index (κ3) is 4.75. The second-order valence-corrected chi connectivity index (χ2v) is 21.6. The van der Waals surface area contributed by atoms with Crippen LogP contribution in [0.4, 0.5) is 34.1 Å². The van der Waals surface area contributed by atoms with Gasteiger partial charge in [0.15, 0.2) is 0 Å². The van der Waals surface area contributed by atoms with Crippen molar-refractivity contribution in [1.29, 1.82) is 0 Å². The van der Waals surface area contributed by atoms with Gasteiger partial charge in [-0.05, 0) is 91.4 Å². The van der Waals surface area contributed by atoms with Crippen LogP contribution >= 0.6 is 0 Å². The van der Waals surface area contributed by atoms with E-state index in [1.165, 1.54) is 105 Å². The molecule has 4 heterocycles. The van der Waals surface area contributed by atoms with Crippen LogP contribution in [0.25, 0.3) is 49.6 Å². The van der Waals surface area contributed by atoms with Crippen molar-refractivity contribution in [1.82, 2.24) is 4.57 Å². The number of rotatable bonds is 4. The van der Waals surface area contributed by atoms with Gasteiger partial charge in [0, 0.05) is 44.8 Å². The SMILES string of the molecule is C[Si]1(C)c2ccccc2N2c3cc(-c4ccccc4-c4ccccc4)cc4c3B(c3cccc1c32)c1c(c2ccccc2n1-c1cccc2ccccc12)N4c1ccccc1. The van der Waals surface area contributed by atoms with Gasteiger partial charge in [-0.25, -0.2) is 0 Å². The number of hydrogen-bond acceptors (Lipinski definition) is 2. The Morgan fingerprint density at radius 3 is 1.84 bits per heavy atom. The van der Waals surface area contributed by atoms with Crippen molar-refractivity contribution >= 4 is 97.5 Å². The molecule has 0 saturated carbocycles. The quantitative estimate of drug-likeness (QED) is 0.164. The van der Waals surface area contributed by atoms with E-state index in [0.717, 1.165) is 5.69 Å². The van der Waals surface area contributed by atoms with E-state index in [1.54, 1.807) is 0 Å². The molecule has 5 heteroatoms. The zero-order valence-electron chi connectivity index (χ0n) is 34.0. The molecule has 0 N–H and O–H groups in total. The van der Waals surface area contributed by atoms with Crippen molar-refractivity contribution in [3.8, 4) is 27.9 Å². The fraction of sp³-hybridized carbons (Fsp3) is 0.0357. The molecule has 3 aliphatic rings. The number of benzene rings is 9. The smallest absolute Gasteiger partial charge is 0.273 e. The standard InChI is InChI=1S/C56H40BN3Si/c1-61(2)51-33-16-15-31-48(51)59-50-36-39(42-26-12-11-25-41(42)37-19-5-3-6-20-37)35-49-53(50)57(45-29-18-34-52(61)55(45)59)56-54(58(49)40-23-7-4-8-24-40)44-28-13-14-30-47(44)60(56)46-32-17-22-38-21-9-10-27-43(38)46/h3-36H,1-2H3. The maximum atomic E-state index is 2.65. The van der Waals surface area contributed by atoms with E-state index >= 15 is 0 Å². The first kappa shape index (κ1) is 34.5. The highest BCUT2D eigenvalue weighted by atomic mass is 28.3. The van der Waals surface area contributed by atoms with Crippen molar-refractivity contribution in [2.75, 3.05) is 9.80 Å². The Morgan fingerprint density at radius 2 is 1.02 bits per heavy atom. The second-order valence-electron chi connectivity index (χ2n) is 17.2. The van der Waals surface area contributed by atoms with E-state index in [0.29, 0.717) is 0 Å². The van der Waals surface area contributed by atoms with Crippen molar-refractivity contribution in [2.45, 2.75) is 13.1 Å². The Balaban J connectivity index is 1.23. The first-order chi connectivity index (χ1) is 30.1. The van der Waals surface area contributed by atoms with E-state index in [1.807, 2.05) is 0 Å². The topological polar surface area (TPSA) is 11.4 Å². The summed E-state index contributed by atoms with van der Waals surface area (Å²) in [5.41, 5.74) is 18.8. The zero-order chi connectivity index (χ0) is 40.4. The predicted molar refractivity (Wildman–Crippen MR) is 262 cm³/mol. The Labute approximate surface area is 357 Å². The molecular formula is C56H40BN3Si. The minimum Gasteiger partial charge on any atom is -0.319 e. The van der Waals surface area contributed by atoms with Crippen molar-refractivity contribution in [3.05, 3.63) is 206 Å². The van der Waals surface area contributed by atoms with E-state index in [2.05, 4.69) is 234 Å². The van der Waals surface area contributed by atoms with Gasteiger partial charge in [0.25, 0.3) is 6.71 Å². The molecule has 1 aromatic heterocycles. The summed E-state index contributed by atoms with van der Waals surface area (Å²) < 4.78 is 2.62. The van der Waals surface area contributed by atoms with Gasteiger partial charge in [-0.2, -0.15) is 0 Å². The number of hydrogen-bond donors (Lipinski definition) is 0. The molecule has 9 aromatic carbocycles. The molecule has 3 nitrogen and oxygen atoms in total. The molecule has 0 bridgehead atoms. The summed E-state index contributed by atoms with van der Waals surface area (Å²) in [4.78, 5) is 5.24. The van der Waals surface area contributed by atoms with Crippen LogP contribution in [-0.4, -0.2) is 19.4 Å². The molecular weight excluding hydrogens is 754 g/mol. The summed E-state index contributed by atoms with van der Waals surface area (Å²) in [6.45, 7) is 5.04. The zero-order valence-corrected chi connectivity index (χ0v) is 35.0. The molecule has 10 aromatic rings. The van der Waals surface area contributed by atoms with Gasteiger partial charge in [0.1, 0.15) is 8.07 Å². The van der Waals surface area contributed by atoms with Gasteiger partial charge in [-0.15, -0.1) is 0 Å². The molecule has 0 unspecified atom stereocenters. The Hall–Kier alpha value is -7.34. The Kier molecular flexibility index (Phi) is 7.26. The molecule has 0 saturated heterocycles. The van der Waals surface area contributed by atoms with Crippen molar-refractivity contribution in [2.24, 2.45) is 0 Å². The summed E-state index contributed by atoms with van der Waals surface area (Å²) in [6.07, 6.45) is 0. The van der Waals surface area contributed by atoms with Crippen molar-refractivity contribution < 1.29 is 0 Å². The largest absolute Gasteiger partial charge is 0.319 e. The maximum absolute atomic E-state index is 2.65. The summed E-state index contributed by atoms with van der Waals surface area (Å²) in [6, 6.07) is 77.1. The van der Waals surface area contributed by atoms with E-state index in [9.17, 15) is 0 Å². The van der Waals surface area contributed by atoms with Crippen LogP contribution in [0.2, 0.25) is 13.1 Å². The summed E-state index contributed by atoms with van der Waals surface area (Å²) in [5, 5.41) is 6.69. The molecule has 0 amide bonds. The molecule has 3 aliphatic heterocycles. The number of nitrogens with zero attached hydrogens (tertiary/aromatic N) is 3. The van der Waals surface area contributed by atoms with Gasteiger partial charge in [-0.3, -0.25) is 0 Å². The fourth-order valence-corrected chi connectivity index (χ4v) is 14.1. The monoisotopic (exact) mass is 793 g/mol. The molecule has 0 fully saturated rings. The van der Waals surface area contributed by atoms with Crippen LogP contribution in [0.1, 0.15) is 0 Å². The lowest BCUT2D eigenvalue weighted by Gasteiger charge is -2.49. The minimum absolute atomic E-state index is 0.0500. The summed E-state index contributed by atoms with van der Waals surface area (Å²) >= 11 is 0. The lowest BCUT2D eigenvalue weighted by Crippen LogP contribution is -2.68. The van der Waals surface area contributed by atoms with Crippen LogP contribution in [-0.2, 0) is 0 Å². The predicted octanol–water partition coefficient (Wildman–Crippen LogP) is 11.3. The second kappa shape index (κ2) is 12.8. The first-order valence-corrected chi connectivity index (χ1v) is 24.4. The highest BCUT2D eigenvalue weighted by molar-refractivity contribution is 7.05. The molecule has 286 valence electrons. The Bertz CT molecular complexity index is 3420. The van der Waals surface area contributed by atoms with Gasteiger partial charge in [0.2, 0.25) is 0 Å². The van der Waals surface area contributed by atoms with Crippen LogP contribution in [0.3, 0.4) is 0 Å². The third-order valence-corrected chi connectivity index (χ3v) is 17.2. The van der Waals surface area contributed by atoms with Crippen LogP contribution in [0, 0.1) is 0 Å². The molecule has 0 aliphatic carbocycles. The first-order valence-electron chi connectivity index (χ1n) is 21.4. The van der Waals surface area contributed by atoms with Gasteiger partial charge in [0.05, 0.1) is 16.9 Å². The van der Waals surface area contributed by atoms with E-state index in [-0.39, 0.29) is 6.71 Å². The van der Waals surface area contributed by atoms with Crippen LogP contribution < -0.4 is 36.7 Å². The Morgan fingerprint density at radius 1 is 0.426 bits per heavy atom.